The quantitative estimate of drug-likeness (QED) is 0.578. The van der Waals surface area contributed by atoms with Gasteiger partial charge in [-0.2, -0.15) is 24.3 Å². The number of nitrogens with zero attached hydrogens (tertiary/aromatic N) is 1. The van der Waals surface area contributed by atoms with Gasteiger partial charge >= 0.3 is 0 Å². The first kappa shape index (κ1) is 17.7. The molecule has 1 atom stereocenters. The summed E-state index contributed by atoms with van der Waals surface area (Å²) in [6.07, 6.45) is 0.287. The SMILES string of the molecule is O=C1CCC(N2C(=O)c3c[c-]ccc3C2=O)C(=O)N1.[CH3-].[Y]. The monoisotopic (exact) mass is 361 g/mol. The van der Waals surface area contributed by atoms with Gasteiger partial charge in [0.15, 0.2) is 0 Å². The zero-order valence-corrected chi connectivity index (χ0v) is 14.2. The third-order valence-electron chi connectivity index (χ3n) is 3.28. The van der Waals surface area contributed by atoms with Gasteiger partial charge in [0.1, 0.15) is 6.04 Å². The van der Waals surface area contributed by atoms with Crippen molar-refractivity contribution in [1.29, 1.82) is 0 Å². The molecular formula is C14H12N2O4Y-2. The summed E-state index contributed by atoms with van der Waals surface area (Å²) in [6, 6.07) is 6.29. The van der Waals surface area contributed by atoms with Crippen molar-refractivity contribution in [1.82, 2.24) is 10.2 Å². The average Bonchev–Trinajstić information content (AvgIpc) is 2.64. The van der Waals surface area contributed by atoms with E-state index in [1.54, 1.807) is 0 Å². The van der Waals surface area contributed by atoms with Gasteiger partial charge in [-0.3, -0.25) is 29.4 Å². The number of hydrogen-bond acceptors (Lipinski definition) is 4. The smallest absolute Gasteiger partial charge is 0.249 e. The minimum Gasteiger partial charge on any atom is -0.358 e. The van der Waals surface area contributed by atoms with E-state index in [4.69, 9.17) is 0 Å². The van der Waals surface area contributed by atoms with Crippen LogP contribution in [0.4, 0.5) is 0 Å². The van der Waals surface area contributed by atoms with Gasteiger partial charge in [0, 0.05) is 39.1 Å². The number of rotatable bonds is 1. The average molecular weight is 361 g/mol. The van der Waals surface area contributed by atoms with Gasteiger partial charge in [-0.05, 0) is 6.42 Å². The van der Waals surface area contributed by atoms with E-state index < -0.39 is 23.8 Å². The number of carbonyl (C=O) groups excluding carboxylic acids is 4. The summed E-state index contributed by atoms with van der Waals surface area (Å²) >= 11 is 0. The van der Waals surface area contributed by atoms with E-state index in [1.165, 1.54) is 18.2 Å². The van der Waals surface area contributed by atoms with Crippen molar-refractivity contribution in [2.45, 2.75) is 18.9 Å². The van der Waals surface area contributed by atoms with E-state index >= 15 is 0 Å². The number of imide groups is 2. The molecule has 0 spiro atoms. The van der Waals surface area contributed by atoms with E-state index in [0.29, 0.717) is 0 Å². The van der Waals surface area contributed by atoms with E-state index in [-0.39, 0.29) is 70.0 Å². The maximum Gasteiger partial charge on any atom is 0.249 e. The van der Waals surface area contributed by atoms with Crippen LogP contribution in [-0.2, 0) is 42.3 Å². The molecule has 1 radical (unpaired) electrons. The Balaban J connectivity index is 0.00000110. The summed E-state index contributed by atoms with van der Waals surface area (Å²) in [4.78, 5) is 48.1. The Bertz CT molecular complexity index is 594. The molecule has 3 rings (SSSR count). The van der Waals surface area contributed by atoms with Crippen molar-refractivity contribution in [2.75, 3.05) is 0 Å². The van der Waals surface area contributed by atoms with E-state index in [2.05, 4.69) is 11.4 Å². The summed E-state index contributed by atoms with van der Waals surface area (Å²) in [5, 5.41) is 2.14. The number of benzene rings is 1. The minimum absolute atomic E-state index is 0. The fraction of sp³-hybridized carbons (Fsp3) is 0.214. The maximum atomic E-state index is 12.2. The normalized spacial score (nSPS) is 20.4. The maximum absolute atomic E-state index is 12.2. The van der Waals surface area contributed by atoms with Crippen LogP contribution < -0.4 is 5.32 Å². The van der Waals surface area contributed by atoms with Crippen LogP contribution in [0.15, 0.2) is 18.2 Å². The van der Waals surface area contributed by atoms with E-state index in [9.17, 15) is 19.2 Å². The van der Waals surface area contributed by atoms with Crippen LogP contribution in [-0.4, -0.2) is 34.6 Å². The predicted octanol–water partition coefficient (Wildman–Crippen LogP) is 0.336. The molecule has 0 saturated carbocycles. The first-order valence-electron chi connectivity index (χ1n) is 5.81. The van der Waals surface area contributed by atoms with Crippen molar-refractivity contribution in [3.63, 3.8) is 0 Å². The molecule has 1 aromatic rings. The largest absolute Gasteiger partial charge is 0.358 e. The molecule has 1 saturated heterocycles. The van der Waals surface area contributed by atoms with Crippen molar-refractivity contribution in [3.05, 3.63) is 42.8 Å². The van der Waals surface area contributed by atoms with Gasteiger partial charge in [0.2, 0.25) is 23.6 Å². The number of amides is 4. The summed E-state index contributed by atoms with van der Waals surface area (Å²) < 4.78 is 0. The Morgan fingerprint density at radius 2 is 1.81 bits per heavy atom. The van der Waals surface area contributed by atoms with Gasteiger partial charge in [-0.1, -0.05) is 11.1 Å². The Morgan fingerprint density at radius 3 is 2.43 bits per heavy atom. The van der Waals surface area contributed by atoms with Crippen LogP contribution in [0.5, 0.6) is 0 Å². The van der Waals surface area contributed by atoms with Crippen LogP contribution in [0.25, 0.3) is 0 Å². The molecule has 2 aliphatic heterocycles. The number of nitrogens with one attached hydrogen (secondary N) is 1. The molecule has 21 heavy (non-hydrogen) atoms. The molecule has 1 N–H and O–H groups in total. The van der Waals surface area contributed by atoms with Gasteiger partial charge in [-0.15, -0.1) is 0 Å². The third kappa shape index (κ3) is 2.83. The number of fused-ring (bicyclic) bond motifs is 1. The second kappa shape index (κ2) is 6.58. The van der Waals surface area contributed by atoms with Crippen molar-refractivity contribution in [3.8, 4) is 0 Å². The molecule has 2 heterocycles. The minimum atomic E-state index is -0.912. The number of piperidine rings is 1. The molecule has 0 aromatic heterocycles. The van der Waals surface area contributed by atoms with E-state index in [1.807, 2.05) is 0 Å². The zero-order chi connectivity index (χ0) is 13.6. The molecule has 0 bridgehead atoms. The number of carbonyl (C=O) groups is 4. The summed E-state index contributed by atoms with van der Waals surface area (Å²) in [6.45, 7) is 0. The molecule has 4 amide bonds. The molecule has 1 fully saturated rings. The molecule has 1 unspecified atom stereocenters. The van der Waals surface area contributed by atoms with E-state index in [0.717, 1.165) is 4.90 Å². The Kier molecular flexibility index (Phi) is 5.53. The molecule has 6 nitrogen and oxygen atoms in total. The second-order valence-corrected chi connectivity index (χ2v) is 4.42. The van der Waals surface area contributed by atoms with Crippen LogP contribution >= 0.6 is 0 Å². The fourth-order valence-corrected chi connectivity index (χ4v) is 2.36. The first-order valence-corrected chi connectivity index (χ1v) is 5.81. The molecule has 1 aromatic carbocycles. The van der Waals surface area contributed by atoms with Gasteiger partial charge in [0.25, 0.3) is 0 Å². The predicted molar refractivity (Wildman–Crippen MR) is 68.4 cm³/mol. The number of hydrogen-bond donors (Lipinski definition) is 1. The molecule has 0 aliphatic carbocycles. The topological polar surface area (TPSA) is 83.6 Å². The second-order valence-electron chi connectivity index (χ2n) is 4.42. The molecular weight excluding hydrogens is 349 g/mol. The van der Waals surface area contributed by atoms with Crippen LogP contribution in [0, 0.1) is 13.5 Å². The van der Waals surface area contributed by atoms with Crippen molar-refractivity contribution < 1.29 is 51.9 Å². The molecule has 107 valence electrons. The van der Waals surface area contributed by atoms with Crippen LogP contribution in [0.2, 0.25) is 0 Å². The van der Waals surface area contributed by atoms with Gasteiger partial charge in [-0.25, -0.2) is 0 Å². The fourth-order valence-electron chi connectivity index (χ4n) is 2.36. The first-order chi connectivity index (χ1) is 9.09. The van der Waals surface area contributed by atoms with Gasteiger partial charge < -0.3 is 7.43 Å². The third-order valence-corrected chi connectivity index (χ3v) is 3.28. The van der Waals surface area contributed by atoms with Crippen molar-refractivity contribution in [2.24, 2.45) is 0 Å². The Morgan fingerprint density at radius 1 is 1.14 bits per heavy atom. The Labute approximate surface area is 147 Å². The molecule has 2 aliphatic rings. The molecule has 7 heteroatoms. The van der Waals surface area contributed by atoms with Crippen LogP contribution in [0.3, 0.4) is 0 Å². The summed E-state index contributed by atoms with van der Waals surface area (Å²) in [7, 11) is 0. The van der Waals surface area contributed by atoms with Crippen molar-refractivity contribution >= 4 is 23.6 Å². The summed E-state index contributed by atoms with van der Waals surface area (Å²) in [5.41, 5.74) is 0.519. The van der Waals surface area contributed by atoms with Gasteiger partial charge in [0.05, 0.1) is 0 Å². The zero-order valence-electron chi connectivity index (χ0n) is 11.4. The standard InChI is InChI=1S/C13H9N2O4.CH3.Y/c16-10-6-5-9(11(17)14-10)15-12(18)7-3-1-2-4-8(7)13(15)19;;/h1,3-4,9H,5-6H2,(H,14,16,17);1H3;/q2*-1;. The summed E-state index contributed by atoms with van der Waals surface area (Å²) in [5.74, 6) is -1.99. The Hall–Kier alpha value is -1.40. The van der Waals surface area contributed by atoms with Crippen LogP contribution in [0.1, 0.15) is 33.6 Å².